The van der Waals surface area contributed by atoms with Crippen molar-refractivity contribution in [3.8, 4) is 0 Å². The average Bonchev–Trinajstić information content (AvgIpc) is 2.94. The highest BCUT2D eigenvalue weighted by Crippen LogP contribution is 2.13. The van der Waals surface area contributed by atoms with Crippen molar-refractivity contribution < 1.29 is 28.2 Å². The van der Waals surface area contributed by atoms with Gasteiger partial charge in [-0.1, -0.05) is 62.2 Å². The highest BCUT2D eigenvalue weighted by Gasteiger charge is 2.29. The maximum absolute atomic E-state index is 13.3. The van der Waals surface area contributed by atoms with Gasteiger partial charge >= 0.3 is 0 Å². The van der Waals surface area contributed by atoms with Gasteiger partial charge in [-0.3, -0.25) is 9.59 Å². The van der Waals surface area contributed by atoms with E-state index in [1.807, 2.05) is 13.8 Å². The van der Waals surface area contributed by atoms with Crippen LogP contribution in [0.2, 0.25) is 0 Å². The Labute approximate surface area is 232 Å². The van der Waals surface area contributed by atoms with Crippen LogP contribution in [0.5, 0.6) is 0 Å². The van der Waals surface area contributed by atoms with Crippen molar-refractivity contribution >= 4 is 11.8 Å². The molecule has 8 heteroatoms. The molecule has 0 aromatic heterocycles. The second-order valence-electron chi connectivity index (χ2n) is 9.96. The molecule has 0 saturated carbocycles. The van der Waals surface area contributed by atoms with Crippen molar-refractivity contribution in [1.82, 2.24) is 10.6 Å². The molecule has 7 nitrogen and oxygen atoms in total. The van der Waals surface area contributed by atoms with Crippen LogP contribution in [0, 0.1) is 18.7 Å². The lowest BCUT2D eigenvalue weighted by Gasteiger charge is -2.26. The number of hydrogen-bond donors (Lipinski definition) is 2. The van der Waals surface area contributed by atoms with Crippen LogP contribution in [0.1, 0.15) is 62.6 Å². The number of carbonyl (C=O) groups excluding carboxylic acids is 2. The fourth-order valence-corrected chi connectivity index (χ4v) is 3.98. The topological polar surface area (TPSA) is 85.9 Å². The Morgan fingerprint density at radius 1 is 0.897 bits per heavy atom. The second kappa shape index (κ2) is 18.5. The molecule has 0 spiro atoms. The van der Waals surface area contributed by atoms with Gasteiger partial charge in [0, 0.05) is 33.5 Å². The molecule has 0 bridgehead atoms. The van der Waals surface area contributed by atoms with Gasteiger partial charge in [0.2, 0.25) is 11.8 Å². The van der Waals surface area contributed by atoms with Gasteiger partial charge in [0.25, 0.3) is 0 Å². The third kappa shape index (κ3) is 12.7. The number of carbonyl (C=O) groups is 2. The molecule has 0 aliphatic rings. The van der Waals surface area contributed by atoms with Gasteiger partial charge in [0.05, 0.1) is 6.61 Å². The van der Waals surface area contributed by atoms with Gasteiger partial charge in [-0.15, -0.1) is 0 Å². The lowest BCUT2D eigenvalue weighted by atomic mass is 9.97. The van der Waals surface area contributed by atoms with Gasteiger partial charge in [-0.2, -0.15) is 0 Å². The average molecular weight is 545 g/mol. The Balaban J connectivity index is 1.88. The van der Waals surface area contributed by atoms with Crippen LogP contribution in [-0.4, -0.2) is 50.9 Å². The van der Waals surface area contributed by atoms with Crippen molar-refractivity contribution in [2.24, 2.45) is 5.92 Å². The van der Waals surface area contributed by atoms with Crippen molar-refractivity contribution in [3.05, 3.63) is 71.0 Å². The van der Waals surface area contributed by atoms with E-state index in [4.69, 9.17) is 14.2 Å². The molecular formula is C31H45FN2O5. The molecule has 216 valence electrons. The highest BCUT2D eigenvalue weighted by atomic mass is 19.1. The van der Waals surface area contributed by atoms with E-state index >= 15 is 0 Å². The van der Waals surface area contributed by atoms with Crippen molar-refractivity contribution in [1.29, 1.82) is 0 Å². The summed E-state index contributed by atoms with van der Waals surface area (Å²) < 4.78 is 30.0. The predicted molar refractivity (Wildman–Crippen MR) is 151 cm³/mol. The number of unbranched alkanes of at least 4 members (excludes halogenated alkanes) is 1. The Morgan fingerprint density at radius 2 is 1.59 bits per heavy atom. The molecule has 2 amide bonds. The quantitative estimate of drug-likeness (QED) is 0.241. The van der Waals surface area contributed by atoms with Gasteiger partial charge in [-0.25, -0.2) is 4.39 Å². The Hall–Kier alpha value is -2.81. The summed E-state index contributed by atoms with van der Waals surface area (Å²) in [6.45, 7) is 8.30. The molecule has 0 radical (unpaired) electrons. The highest BCUT2D eigenvalue weighted by molar-refractivity contribution is 5.89. The minimum absolute atomic E-state index is 0.0773. The van der Waals surface area contributed by atoms with Crippen LogP contribution in [0.25, 0.3) is 0 Å². The zero-order valence-corrected chi connectivity index (χ0v) is 23.8. The summed E-state index contributed by atoms with van der Waals surface area (Å²) in [5.41, 5.74) is 3.13. The number of nitrogens with one attached hydrogen (secondary N) is 2. The number of aryl methyl sites for hydroxylation is 1. The molecule has 2 N–H and O–H groups in total. The minimum Gasteiger partial charge on any atom is -0.385 e. The fourth-order valence-electron chi connectivity index (χ4n) is 3.98. The maximum Gasteiger partial charge on any atom is 0.249 e. The Bertz CT molecular complexity index is 968. The van der Waals surface area contributed by atoms with E-state index < -0.39 is 12.1 Å². The fraction of sp³-hybridized carbons (Fsp3) is 0.548. The van der Waals surface area contributed by atoms with E-state index in [0.717, 1.165) is 24.0 Å². The van der Waals surface area contributed by atoms with Crippen LogP contribution < -0.4 is 10.6 Å². The molecule has 39 heavy (non-hydrogen) atoms. The third-order valence-corrected chi connectivity index (χ3v) is 6.67. The molecule has 0 saturated heterocycles. The lowest BCUT2D eigenvalue weighted by molar-refractivity contribution is -0.138. The Morgan fingerprint density at radius 3 is 2.26 bits per heavy atom. The van der Waals surface area contributed by atoms with Crippen LogP contribution in [0.15, 0.2) is 48.5 Å². The summed E-state index contributed by atoms with van der Waals surface area (Å²) in [4.78, 5) is 26.3. The first-order valence-electron chi connectivity index (χ1n) is 13.9. The summed E-state index contributed by atoms with van der Waals surface area (Å²) >= 11 is 0. The van der Waals surface area contributed by atoms with E-state index in [1.54, 1.807) is 19.2 Å². The van der Waals surface area contributed by atoms with Crippen LogP contribution in [0.4, 0.5) is 4.39 Å². The summed E-state index contributed by atoms with van der Waals surface area (Å²) in [5, 5.41) is 5.80. The number of amides is 2. The van der Waals surface area contributed by atoms with Crippen LogP contribution >= 0.6 is 0 Å². The molecule has 2 aromatic rings. The van der Waals surface area contributed by atoms with E-state index in [1.165, 1.54) is 17.7 Å². The molecule has 0 aliphatic carbocycles. The normalized spacial score (nSPS) is 13.5. The molecule has 0 heterocycles. The number of rotatable bonds is 19. The molecule has 0 aliphatic heterocycles. The third-order valence-electron chi connectivity index (χ3n) is 6.67. The minimum atomic E-state index is -0.703. The molecular weight excluding hydrogens is 499 g/mol. The summed E-state index contributed by atoms with van der Waals surface area (Å²) in [6, 6.07) is 13.5. The Kier molecular flexibility index (Phi) is 15.3. The first-order valence-corrected chi connectivity index (χ1v) is 13.9. The van der Waals surface area contributed by atoms with Gasteiger partial charge < -0.3 is 24.8 Å². The number of benzene rings is 2. The second-order valence-corrected chi connectivity index (χ2v) is 9.96. The van der Waals surface area contributed by atoms with Crippen molar-refractivity contribution in [3.63, 3.8) is 0 Å². The first-order chi connectivity index (χ1) is 18.8. The van der Waals surface area contributed by atoms with Gasteiger partial charge in [0.1, 0.15) is 18.0 Å². The first kappa shape index (κ1) is 32.4. The van der Waals surface area contributed by atoms with E-state index in [-0.39, 0.29) is 30.1 Å². The molecule has 0 fully saturated rings. The maximum atomic E-state index is 13.3. The van der Waals surface area contributed by atoms with Gasteiger partial charge in [-0.05, 0) is 61.8 Å². The number of ether oxygens (including phenoxy) is 3. The smallest absolute Gasteiger partial charge is 0.249 e. The lowest BCUT2D eigenvalue weighted by Crippen LogP contribution is -2.53. The summed E-state index contributed by atoms with van der Waals surface area (Å²) in [6.07, 6.45) is 2.79. The molecule has 3 unspecified atom stereocenters. The SMILES string of the molecule is CCC(C)C(NC(=O)C(CCCCOCc1ccc(C)cc1)OCCCOC)C(=O)NCc1ccc(F)cc1. The number of hydrogen-bond acceptors (Lipinski definition) is 5. The van der Waals surface area contributed by atoms with Crippen molar-refractivity contribution in [2.45, 2.75) is 78.2 Å². The largest absolute Gasteiger partial charge is 0.385 e. The molecule has 2 rings (SSSR count). The van der Waals surface area contributed by atoms with Crippen LogP contribution in [0.3, 0.4) is 0 Å². The van der Waals surface area contributed by atoms with E-state index in [2.05, 4.69) is 41.8 Å². The molecule has 3 atom stereocenters. The number of halogens is 1. The predicted octanol–water partition coefficient (Wildman–Crippen LogP) is 5.09. The molecule has 2 aromatic carbocycles. The van der Waals surface area contributed by atoms with E-state index in [0.29, 0.717) is 45.7 Å². The standard InChI is InChI=1S/C31H45FN2O5/c1-5-24(3)29(31(36)33-21-25-14-16-27(32)17-15-25)34-30(35)28(39-20-8-18-37-4)9-6-7-19-38-22-26-12-10-23(2)11-13-26/h10-17,24,28-29H,5-9,18-22H2,1-4H3,(H,33,36)(H,34,35). The van der Waals surface area contributed by atoms with Crippen molar-refractivity contribution in [2.75, 3.05) is 26.9 Å². The monoisotopic (exact) mass is 544 g/mol. The number of methoxy groups -OCH3 is 1. The summed E-state index contributed by atoms with van der Waals surface area (Å²) in [7, 11) is 1.63. The van der Waals surface area contributed by atoms with Gasteiger partial charge in [0.15, 0.2) is 0 Å². The van der Waals surface area contributed by atoms with E-state index in [9.17, 15) is 14.0 Å². The zero-order chi connectivity index (χ0) is 28.5. The van der Waals surface area contributed by atoms with Crippen LogP contribution in [-0.2, 0) is 37.0 Å². The zero-order valence-electron chi connectivity index (χ0n) is 23.8. The summed E-state index contributed by atoms with van der Waals surface area (Å²) in [5.74, 6) is -0.976.